The maximum absolute atomic E-state index is 5.71. The first-order chi connectivity index (χ1) is 8.93. The van der Waals surface area contributed by atoms with Crippen LogP contribution >= 0.6 is 0 Å². The van der Waals surface area contributed by atoms with Gasteiger partial charge in [-0.25, -0.2) is 0 Å². The van der Waals surface area contributed by atoms with Crippen molar-refractivity contribution in [3.05, 3.63) is 48.2 Å². The van der Waals surface area contributed by atoms with Crippen molar-refractivity contribution in [3.63, 3.8) is 0 Å². The van der Waals surface area contributed by atoms with Crippen LogP contribution < -0.4 is 0 Å². The third kappa shape index (κ3) is 5.48. The molecule has 0 saturated carbocycles. The van der Waals surface area contributed by atoms with E-state index < -0.39 is 0 Å². The average Bonchev–Trinajstić information content (AvgIpc) is 2.38. The van der Waals surface area contributed by atoms with Crippen LogP contribution in [0.1, 0.15) is 32.3 Å². The van der Waals surface area contributed by atoms with Gasteiger partial charge < -0.3 is 9.64 Å². The Morgan fingerprint density at radius 2 is 1.84 bits per heavy atom. The molecule has 2 nitrogen and oxygen atoms in total. The largest absolute Gasteiger partial charge is 0.381 e. The van der Waals surface area contributed by atoms with E-state index in [0.29, 0.717) is 6.61 Å². The fourth-order valence-corrected chi connectivity index (χ4v) is 2.13. The SMILES string of the molecule is C=C(N(C)C)C(C)(C)CCCOCc1ccccc1. The van der Waals surface area contributed by atoms with Gasteiger partial charge in [0.15, 0.2) is 0 Å². The lowest BCUT2D eigenvalue weighted by Crippen LogP contribution is -2.25. The minimum absolute atomic E-state index is 0.138. The van der Waals surface area contributed by atoms with Crippen LogP contribution in [0.4, 0.5) is 0 Å². The van der Waals surface area contributed by atoms with Crippen molar-refractivity contribution >= 4 is 0 Å². The lowest BCUT2D eigenvalue weighted by molar-refractivity contribution is 0.109. The van der Waals surface area contributed by atoms with Crippen LogP contribution in [0.25, 0.3) is 0 Å². The van der Waals surface area contributed by atoms with Crippen LogP contribution in [-0.4, -0.2) is 25.6 Å². The molecule has 0 radical (unpaired) electrons. The number of hydrogen-bond donors (Lipinski definition) is 0. The summed E-state index contributed by atoms with van der Waals surface area (Å²) in [7, 11) is 4.10. The average molecular weight is 261 g/mol. The molecule has 1 aromatic rings. The van der Waals surface area contributed by atoms with E-state index in [-0.39, 0.29) is 5.41 Å². The van der Waals surface area contributed by atoms with Crippen molar-refractivity contribution in [2.24, 2.45) is 5.41 Å². The molecule has 0 unspecified atom stereocenters. The molecule has 0 atom stereocenters. The summed E-state index contributed by atoms with van der Waals surface area (Å²) in [6, 6.07) is 10.3. The standard InChI is InChI=1S/C17H27NO/c1-15(18(4)5)17(2,3)12-9-13-19-14-16-10-7-6-8-11-16/h6-8,10-11H,1,9,12-14H2,2-5H3. The molecule has 1 aromatic carbocycles. The maximum Gasteiger partial charge on any atom is 0.0716 e. The van der Waals surface area contributed by atoms with Gasteiger partial charge in [0.25, 0.3) is 0 Å². The number of allylic oxidation sites excluding steroid dienone is 1. The molecule has 0 bridgehead atoms. The zero-order valence-electron chi connectivity index (χ0n) is 12.8. The lowest BCUT2D eigenvalue weighted by atomic mass is 9.84. The highest BCUT2D eigenvalue weighted by molar-refractivity contribution is 5.13. The summed E-state index contributed by atoms with van der Waals surface area (Å²) in [5.74, 6) is 0. The highest BCUT2D eigenvalue weighted by Crippen LogP contribution is 2.31. The van der Waals surface area contributed by atoms with E-state index in [2.05, 4.69) is 51.6 Å². The molecular weight excluding hydrogens is 234 g/mol. The Hall–Kier alpha value is -1.28. The number of hydrogen-bond acceptors (Lipinski definition) is 2. The Morgan fingerprint density at radius 3 is 2.42 bits per heavy atom. The van der Waals surface area contributed by atoms with Gasteiger partial charge in [0, 0.05) is 31.8 Å². The summed E-state index contributed by atoms with van der Waals surface area (Å²) >= 11 is 0. The molecule has 0 saturated heterocycles. The number of ether oxygens (including phenoxy) is 1. The third-order valence-corrected chi connectivity index (χ3v) is 3.52. The summed E-state index contributed by atoms with van der Waals surface area (Å²) in [6.07, 6.45) is 2.16. The van der Waals surface area contributed by atoms with Gasteiger partial charge in [0.2, 0.25) is 0 Å². The molecule has 0 spiro atoms. The summed E-state index contributed by atoms with van der Waals surface area (Å²) in [6.45, 7) is 10.2. The van der Waals surface area contributed by atoms with Gasteiger partial charge >= 0.3 is 0 Å². The maximum atomic E-state index is 5.71. The second-order valence-electron chi connectivity index (χ2n) is 5.87. The Balaban J connectivity index is 2.22. The van der Waals surface area contributed by atoms with Gasteiger partial charge in [-0.2, -0.15) is 0 Å². The van der Waals surface area contributed by atoms with Crippen LogP contribution in [0, 0.1) is 5.41 Å². The summed E-state index contributed by atoms with van der Waals surface area (Å²) in [5, 5.41) is 0. The molecule has 106 valence electrons. The monoisotopic (exact) mass is 261 g/mol. The molecule has 19 heavy (non-hydrogen) atoms. The van der Waals surface area contributed by atoms with Gasteiger partial charge in [0.05, 0.1) is 6.61 Å². The third-order valence-electron chi connectivity index (χ3n) is 3.52. The van der Waals surface area contributed by atoms with Crippen molar-refractivity contribution in [2.45, 2.75) is 33.3 Å². The van der Waals surface area contributed by atoms with Crippen LogP contribution in [0.3, 0.4) is 0 Å². The molecule has 1 rings (SSSR count). The molecule has 0 aliphatic carbocycles. The minimum atomic E-state index is 0.138. The van der Waals surface area contributed by atoms with Gasteiger partial charge in [-0.15, -0.1) is 0 Å². The van der Waals surface area contributed by atoms with E-state index in [4.69, 9.17) is 4.74 Å². The summed E-state index contributed by atoms with van der Waals surface area (Å²) in [5.41, 5.74) is 2.55. The molecule has 0 aliphatic heterocycles. The number of nitrogens with zero attached hydrogens (tertiary/aromatic N) is 1. The molecular formula is C17H27NO. The Bertz CT molecular complexity index is 382. The number of rotatable bonds is 8. The van der Waals surface area contributed by atoms with E-state index in [1.807, 2.05) is 18.2 Å². The molecule has 2 heteroatoms. The smallest absolute Gasteiger partial charge is 0.0716 e. The van der Waals surface area contributed by atoms with Crippen molar-refractivity contribution in [1.29, 1.82) is 0 Å². The molecule has 0 fully saturated rings. The second kappa shape index (κ2) is 7.34. The van der Waals surface area contributed by atoms with E-state index in [0.717, 1.165) is 19.4 Å². The summed E-state index contributed by atoms with van der Waals surface area (Å²) < 4.78 is 5.71. The topological polar surface area (TPSA) is 12.5 Å². The first kappa shape index (κ1) is 15.8. The zero-order valence-corrected chi connectivity index (χ0v) is 12.8. The quantitative estimate of drug-likeness (QED) is 0.654. The van der Waals surface area contributed by atoms with E-state index in [9.17, 15) is 0 Å². The van der Waals surface area contributed by atoms with Crippen molar-refractivity contribution in [3.8, 4) is 0 Å². The fourth-order valence-electron chi connectivity index (χ4n) is 2.13. The van der Waals surface area contributed by atoms with E-state index >= 15 is 0 Å². The zero-order chi connectivity index (χ0) is 14.3. The normalized spacial score (nSPS) is 11.4. The van der Waals surface area contributed by atoms with Crippen LogP contribution in [0.5, 0.6) is 0 Å². The summed E-state index contributed by atoms with van der Waals surface area (Å²) in [4.78, 5) is 2.10. The second-order valence-corrected chi connectivity index (χ2v) is 5.87. The van der Waals surface area contributed by atoms with Crippen molar-refractivity contribution in [1.82, 2.24) is 4.90 Å². The Kier molecular flexibility index (Phi) is 6.10. The molecule has 0 amide bonds. The van der Waals surface area contributed by atoms with Gasteiger partial charge in [-0.1, -0.05) is 50.8 Å². The van der Waals surface area contributed by atoms with Crippen molar-refractivity contribution < 1.29 is 4.74 Å². The predicted molar refractivity (Wildman–Crippen MR) is 81.9 cm³/mol. The predicted octanol–water partition coefficient (Wildman–Crippen LogP) is 4.08. The first-order valence-corrected chi connectivity index (χ1v) is 6.92. The van der Waals surface area contributed by atoms with Gasteiger partial charge in [0.1, 0.15) is 0 Å². The van der Waals surface area contributed by atoms with Crippen LogP contribution in [-0.2, 0) is 11.3 Å². The van der Waals surface area contributed by atoms with E-state index in [1.54, 1.807) is 0 Å². The Labute approximate surface area is 118 Å². The minimum Gasteiger partial charge on any atom is -0.381 e. The molecule has 0 heterocycles. The molecule has 0 aliphatic rings. The highest BCUT2D eigenvalue weighted by atomic mass is 16.5. The van der Waals surface area contributed by atoms with Crippen LogP contribution in [0.2, 0.25) is 0 Å². The molecule has 0 aromatic heterocycles. The Morgan fingerprint density at radius 1 is 1.21 bits per heavy atom. The van der Waals surface area contributed by atoms with E-state index in [1.165, 1.54) is 11.3 Å². The highest BCUT2D eigenvalue weighted by Gasteiger charge is 2.22. The number of benzene rings is 1. The van der Waals surface area contributed by atoms with Crippen molar-refractivity contribution in [2.75, 3.05) is 20.7 Å². The van der Waals surface area contributed by atoms with Gasteiger partial charge in [-0.05, 0) is 18.4 Å². The van der Waals surface area contributed by atoms with Crippen LogP contribution in [0.15, 0.2) is 42.6 Å². The fraction of sp³-hybridized carbons (Fsp3) is 0.529. The lowest BCUT2D eigenvalue weighted by Gasteiger charge is -2.32. The van der Waals surface area contributed by atoms with Gasteiger partial charge in [-0.3, -0.25) is 0 Å². The molecule has 0 N–H and O–H groups in total. The first-order valence-electron chi connectivity index (χ1n) is 6.92.